The number of aliphatic carboxylic acids is 2. The van der Waals surface area contributed by atoms with E-state index in [-0.39, 0.29) is 11.8 Å². The van der Waals surface area contributed by atoms with Gasteiger partial charge in [-0.05, 0) is 55.9 Å². The minimum Gasteiger partial charge on any atom is -0.481 e. The van der Waals surface area contributed by atoms with Crippen molar-refractivity contribution in [3.8, 4) is 0 Å². The van der Waals surface area contributed by atoms with Gasteiger partial charge in [0, 0.05) is 5.92 Å². The zero-order chi connectivity index (χ0) is 18.3. The van der Waals surface area contributed by atoms with Crippen LogP contribution in [0.5, 0.6) is 0 Å². The van der Waals surface area contributed by atoms with E-state index in [1.807, 2.05) is 0 Å². The van der Waals surface area contributed by atoms with E-state index in [9.17, 15) is 29.7 Å². The highest BCUT2D eigenvalue weighted by atomic mass is 16.4. The van der Waals surface area contributed by atoms with Gasteiger partial charge >= 0.3 is 11.9 Å². The monoisotopic (exact) mass is 346 g/mol. The Morgan fingerprint density at radius 3 is 2.56 bits per heavy atom. The second-order valence-corrected chi connectivity index (χ2v) is 8.43. The van der Waals surface area contributed by atoms with Crippen LogP contribution >= 0.6 is 0 Å². The van der Waals surface area contributed by atoms with Crippen molar-refractivity contribution < 1.29 is 29.7 Å². The first-order valence-corrected chi connectivity index (χ1v) is 8.72. The zero-order valence-corrected chi connectivity index (χ0v) is 14.1. The van der Waals surface area contributed by atoms with Gasteiger partial charge in [0.15, 0.2) is 5.78 Å². The van der Waals surface area contributed by atoms with Gasteiger partial charge in [0.2, 0.25) is 0 Å². The van der Waals surface area contributed by atoms with Crippen LogP contribution in [0.15, 0.2) is 23.8 Å². The van der Waals surface area contributed by atoms with Crippen LogP contribution in [0.3, 0.4) is 0 Å². The van der Waals surface area contributed by atoms with Crippen LogP contribution in [0.4, 0.5) is 0 Å². The molecule has 4 aliphatic carbocycles. The topological polar surface area (TPSA) is 112 Å². The van der Waals surface area contributed by atoms with E-state index in [2.05, 4.69) is 6.58 Å². The molecule has 0 heterocycles. The quantitative estimate of drug-likeness (QED) is 0.655. The van der Waals surface area contributed by atoms with Gasteiger partial charge in [0.05, 0.1) is 5.92 Å². The number of carboxylic acid groups (broad SMARTS) is 2. The van der Waals surface area contributed by atoms with E-state index < -0.39 is 46.5 Å². The predicted molar refractivity (Wildman–Crippen MR) is 86.5 cm³/mol. The first kappa shape index (κ1) is 16.5. The number of ketones is 1. The SMILES string of the molecule is C=C1C[C@]23C[C@H]1CC[C@H]2C1=CC(=O)[C@H](O)[C@@](C)(C(=O)O)[C@H]1[C@@H]3C(=O)O. The molecule has 0 amide bonds. The van der Waals surface area contributed by atoms with Crippen LogP contribution in [-0.4, -0.2) is 39.1 Å². The molecule has 25 heavy (non-hydrogen) atoms. The largest absolute Gasteiger partial charge is 0.481 e. The fourth-order valence-electron chi connectivity index (χ4n) is 6.39. The van der Waals surface area contributed by atoms with Crippen molar-refractivity contribution in [1.82, 2.24) is 0 Å². The van der Waals surface area contributed by atoms with Gasteiger partial charge in [0.1, 0.15) is 11.5 Å². The number of carbonyl (C=O) groups is 3. The third-order valence-corrected chi connectivity index (χ3v) is 7.49. The maximum Gasteiger partial charge on any atom is 0.313 e. The fourth-order valence-corrected chi connectivity index (χ4v) is 6.39. The molecule has 4 rings (SSSR count). The molecular weight excluding hydrogens is 324 g/mol. The highest BCUT2D eigenvalue weighted by molar-refractivity contribution is 6.01. The highest BCUT2D eigenvalue weighted by Crippen LogP contribution is 2.72. The molecule has 2 bridgehead atoms. The molecule has 0 saturated heterocycles. The molecule has 0 aromatic carbocycles. The van der Waals surface area contributed by atoms with E-state index in [0.717, 1.165) is 18.4 Å². The van der Waals surface area contributed by atoms with E-state index in [1.54, 1.807) is 0 Å². The molecule has 3 N–H and O–H groups in total. The fraction of sp³-hybridized carbons (Fsp3) is 0.632. The number of carboxylic acids is 2. The van der Waals surface area contributed by atoms with E-state index in [1.165, 1.54) is 13.0 Å². The Bertz CT molecular complexity index is 751. The number of aliphatic hydroxyl groups excluding tert-OH is 1. The molecule has 6 heteroatoms. The van der Waals surface area contributed by atoms with Gasteiger partial charge < -0.3 is 15.3 Å². The van der Waals surface area contributed by atoms with Gasteiger partial charge in [-0.3, -0.25) is 14.4 Å². The van der Waals surface area contributed by atoms with Crippen LogP contribution in [-0.2, 0) is 14.4 Å². The Morgan fingerprint density at radius 2 is 1.96 bits per heavy atom. The summed E-state index contributed by atoms with van der Waals surface area (Å²) in [6, 6.07) is 0. The van der Waals surface area contributed by atoms with Crippen LogP contribution < -0.4 is 0 Å². The minimum atomic E-state index is -1.82. The number of rotatable bonds is 2. The number of aliphatic hydroxyl groups is 1. The summed E-state index contributed by atoms with van der Waals surface area (Å²) >= 11 is 0. The molecule has 3 saturated carbocycles. The maximum atomic E-state index is 12.3. The first-order chi connectivity index (χ1) is 11.6. The summed E-state index contributed by atoms with van der Waals surface area (Å²) in [5.74, 6) is -4.63. The van der Waals surface area contributed by atoms with Crippen molar-refractivity contribution in [2.45, 2.75) is 38.7 Å². The summed E-state index contributed by atoms with van der Waals surface area (Å²) in [6.07, 6.45) is 2.50. The van der Waals surface area contributed by atoms with Crippen LogP contribution in [0, 0.1) is 34.5 Å². The molecule has 0 aromatic heterocycles. The first-order valence-electron chi connectivity index (χ1n) is 8.72. The number of fused-ring (bicyclic) bond motifs is 3. The summed E-state index contributed by atoms with van der Waals surface area (Å²) in [5, 5.41) is 30.3. The molecule has 0 radical (unpaired) electrons. The summed E-state index contributed by atoms with van der Waals surface area (Å²) < 4.78 is 0. The Balaban J connectivity index is 1.97. The predicted octanol–water partition coefficient (Wildman–Crippen LogP) is 1.64. The zero-order valence-electron chi connectivity index (χ0n) is 14.1. The third-order valence-electron chi connectivity index (χ3n) is 7.49. The Hall–Kier alpha value is -1.95. The summed E-state index contributed by atoms with van der Waals surface area (Å²) in [7, 11) is 0. The molecule has 6 nitrogen and oxygen atoms in total. The van der Waals surface area contributed by atoms with Crippen LogP contribution in [0.25, 0.3) is 0 Å². The Kier molecular flexibility index (Phi) is 3.18. The van der Waals surface area contributed by atoms with Crippen molar-refractivity contribution >= 4 is 17.7 Å². The van der Waals surface area contributed by atoms with Gasteiger partial charge in [-0.2, -0.15) is 0 Å². The summed E-state index contributed by atoms with van der Waals surface area (Å²) in [4.78, 5) is 36.7. The van der Waals surface area contributed by atoms with Crippen molar-refractivity contribution in [3.05, 3.63) is 23.8 Å². The molecule has 0 aliphatic heterocycles. The standard InChI is InChI=1S/C19H22O6/c1-8-6-19-7-9(8)3-4-11(19)10-5-12(20)15(21)18(2,17(24)25)13(10)14(19)16(22)23/h5,9,11,13-15,21H,1,3-4,6-7H2,2H3,(H,22,23)(H,24,25)/t9-,11+,13-,14-,15+,18+,19+/m1/s1. The molecule has 7 atom stereocenters. The lowest BCUT2D eigenvalue weighted by molar-refractivity contribution is -0.170. The second-order valence-electron chi connectivity index (χ2n) is 8.43. The smallest absolute Gasteiger partial charge is 0.313 e. The van der Waals surface area contributed by atoms with Crippen molar-refractivity contribution in [2.75, 3.05) is 0 Å². The highest BCUT2D eigenvalue weighted by Gasteiger charge is 2.71. The van der Waals surface area contributed by atoms with Gasteiger partial charge in [-0.25, -0.2) is 0 Å². The van der Waals surface area contributed by atoms with Crippen molar-refractivity contribution in [3.63, 3.8) is 0 Å². The molecule has 0 aromatic rings. The average Bonchev–Trinajstić information content (AvgIpc) is 2.95. The molecule has 0 unspecified atom stereocenters. The third kappa shape index (κ3) is 1.76. The molecule has 3 fully saturated rings. The minimum absolute atomic E-state index is 0.121. The van der Waals surface area contributed by atoms with E-state index >= 15 is 0 Å². The molecule has 4 aliphatic rings. The van der Waals surface area contributed by atoms with Gasteiger partial charge in [0.25, 0.3) is 0 Å². The van der Waals surface area contributed by atoms with Crippen LogP contribution in [0.2, 0.25) is 0 Å². The number of allylic oxidation sites excluding steroid dienone is 2. The van der Waals surface area contributed by atoms with Crippen molar-refractivity contribution in [1.29, 1.82) is 0 Å². The average molecular weight is 346 g/mol. The Morgan fingerprint density at radius 1 is 1.28 bits per heavy atom. The second kappa shape index (κ2) is 4.81. The van der Waals surface area contributed by atoms with Crippen LogP contribution in [0.1, 0.15) is 32.6 Å². The molecular formula is C19H22O6. The number of hydrogen-bond acceptors (Lipinski definition) is 4. The lowest BCUT2D eigenvalue weighted by Gasteiger charge is -2.41. The molecule has 134 valence electrons. The molecule has 1 spiro atoms. The summed E-state index contributed by atoms with van der Waals surface area (Å²) in [6.45, 7) is 5.44. The number of hydrogen-bond donors (Lipinski definition) is 3. The van der Waals surface area contributed by atoms with E-state index in [0.29, 0.717) is 18.4 Å². The maximum absolute atomic E-state index is 12.3. The Labute approximate surface area is 145 Å². The lowest BCUT2D eigenvalue weighted by Crippen LogP contribution is -2.55. The normalized spacial score (nSPS) is 47.9. The summed E-state index contributed by atoms with van der Waals surface area (Å²) in [5.41, 5.74) is -0.739. The lowest BCUT2D eigenvalue weighted by atomic mass is 9.60. The van der Waals surface area contributed by atoms with E-state index in [4.69, 9.17) is 0 Å². The van der Waals surface area contributed by atoms with Gasteiger partial charge in [-0.1, -0.05) is 17.7 Å². The number of carbonyl (C=O) groups excluding carboxylic acids is 1. The van der Waals surface area contributed by atoms with Crippen molar-refractivity contribution in [2.24, 2.45) is 34.5 Å². The van der Waals surface area contributed by atoms with Gasteiger partial charge in [-0.15, -0.1) is 0 Å².